The largest absolute Gasteiger partial charge is 0.457 e. The minimum atomic E-state index is -1.71. The lowest BCUT2D eigenvalue weighted by Crippen LogP contribution is -2.61. The molecule has 14 heteroatoms. The van der Waals surface area contributed by atoms with Gasteiger partial charge in [-0.1, -0.05) is 178 Å². The van der Waals surface area contributed by atoms with Gasteiger partial charge in [-0.25, -0.2) is 0 Å². The quantitative estimate of drug-likeness (QED) is 0.0172. The second kappa shape index (κ2) is 45.2. The van der Waals surface area contributed by atoms with Crippen LogP contribution in [-0.2, 0) is 33.2 Å². The third-order valence-electron chi connectivity index (χ3n) is 13.6. The van der Waals surface area contributed by atoms with Gasteiger partial charge in [-0.15, -0.1) is 0 Å². The van der Waals surface area contributed by atoms with Gasteiger partial charge in [0.25, 0.3) is 0 Å². The van der Waals surface area contributed by atoms with Gasteiger partial charge in [-0.3, -0.25) is 4.79 Å². The van der Waals surface area contributed by atoms with Crippen LogP contribution in [0.15, 0.2) is 48.6 Å². The third kappa shape index (κ3) is 31.7. The van der Waals surface area contributed by atoms with Gasteiger partial charge in [0.2, 0.25) is 0 Å². The van der Waals surface area contributed by atoms with E-state index in [1.165, 1.54) is 109 Å². The number of esters is 1. The molecule has 7 N–H and O–H groups in total. The van der Waals surface area contributed by atoms with Gasteiger partial charge in [-0.2, -0.15) is 0 Å². The number of carbonyl (C=O) groups is 1. The Bertz CT molecular complexity index is 1370. The average Bonchev–Trinajstić information content (AvgIpc) is 3.38. The van der Waals surface area contributed by atoms with Crippen molar-refractivity contribution in [3.8, 4) is 0 Å². The van der Waals surface area contributed by atoms with Crippen LogP contribution >= 0.6 is 0 Å². The van der Waals surface area contributed by atoms with E-state index in [-0.39, 0.29) is 25.6 Å². The molecule has 0 radical (unpaired) electrons. The Morgan fingerprint density at radius 2 is 0.861 bits per heavy atom. The first kappa shape index (κ1) is 66.1. The van der Waals surface area contributed by atoms with Crippen molar-refractivity contribution in [1.82, 2.24) is 0 Å². The lowest BCUT2D eigenvalue weighted by molar-refractivity contribution is -0.332. The molecule has 2 heterocycles. The number of allylic oxidation sites excluding steroid dienone is 8. The van der Waals surface area contributed by atoms with E-state index in [0.29, 0.717) is 13.0 Å². The van der Waals surface area contributed by atoms with E-state index < -0.39 is 80.7 Å². The number of unbranched alkanes of at least 4 members (excludes halogenated alkanes) is 24. The fourth-order valence-electron chi connectivity index (χ4n) is 8.88. The first-order valence-electron chi connectivity index (χ1n) is 28.7. The van der Waals surface area contributed by atoms with E-state index in [0.717, 1.165) is 77.0 Å². The van der Waals surface area contributed by atoms with Crippen molar-refractivity contribution < 1.29 is 69.0 Å². The molecule has 0 aromatic heterocycles. The van der Waals surface area contributed by atoms with Crippen molar-refractivity contribution in [2.45, 2.75) is 280 Å². The predicted octanol–water partition coefficient (Wildman–Crippen LogP) is 9.91. The Morgan fingerprint density at radius 3 is 1.36 bits per heavy atom. The van der Waals surface area contributed by atoms with E-state index in [4.69, 9.17) is 28.4 Å². The van der Waals surface area contributed by atoms with E-state index in [9.17, 15) is 40.5 Å². The second-order valence-corrected chi connectivity index (χ2v) is 20.1. The van der Waals surface area contributed by atoms with Crippen LogP contribution in [0.4, 0.5) is 0 Å². The molecule has 2 aliphatic rings. The van der Waals surface area contributed by atoms with Gasteiger partial charge in [0.05, 0.1) is 26.4 Å². The van der Waals surface area contributed by atoms with Crippen molar-refractivity contribution in [3.63, 3.8) is 0 Å². The van der Waals surface area contributed by atoms with E-state index in [1.807, 2.05) is 0 Å². The number of ether oxygens (including phenoxy) is 6. The zero-order chi connectivity index (χ0) is 52.3. The average molecular weight is 1030 g/mol. The van der Waals surface area contributed by atoms with Gasteiger partial charge < -0.3 is 64.2 Å². The molecular formula is C58H104O14. The summed E-state index contributed by atoms with van der Waals surface area (Å²) < 4.78 is 34.3. The van der Waals surface area contributed by atoms with Gasteiger partial charge in [0, 0.05) is 13.0 Å². The van der Waals surface area contributed by atoms with Crippen molar-refractivity contribution in [2.75, 3.05) is 33.0 Å². The minimum Gasteiger partial charge on any atom is -0.457 e. The summed E-state index contributed by atoms with van der Waals surface area (Å²) in [6.07, 6.45) is 37.4. The molecule has 0 aromatic rings. The highest BCUT2D eigenvalue weighted by Gasteiger charge is 2.47. The van der Waals surface area contributed by atoms with Crippen LogP contribution in [0.2, 0.25) is 0 Å². The molecular weight excluding hydrogens is 921 g/mol. The number of hydrogen-bond acceptors (Lipinski definition) is 14. The zero-order valence-electron chi connectivity index (χ0n) is 44.9. The molecule has 2 aliphatic heterocycles. The highest BCUT2D eigenvalue weighted by molar-refractivity contribution is 5.69. The number of carbonyl (C=O) groups excluding carboxylic acids is 1. The lowest BCUT2D eigenvalue weighted by atomic mass is 9.98. The molecule has 11 atom stereocenters. The summed E-state index contributed by atoms with van der Waals surface area (Å²) in [7, 11) is 0. The van der Waals surface area contributed by atoms with Gasteiger partial charge in [0.15, 0.2) is 12.6 Å². The highest BCUT2D eigenvalue weighted by Crippen LogP contribution is 2.26. The molecule has 2 fully saturated rings. The fourth-order valence-corrected chi connectivity index (χ4v) is 8.88. The molecule has 11 unspecified atom stereocenters. The molecule has 2 saturated heterocycles. The third-order valence-corrected chi connectivity index (χ3v) is 13.6. The molecule has 0 saturated carbocycles. The Morgan fingerprint density at radius 1 is 0.458 bits per heavy atom. The summed E-state index contributed by atoms with van der Waals surface area (Å²) in [6.45, 7) is 3.65. The fraction of sp³-hybridized carbons (Fsp3) is 0.845. The smallest absolute Gasteiger partial charge is 0.306 e. The molecule has 2 rings (SSSR count). The zero-order valence-corrected chi connectivity index (χ0v) is 44.9. The monoisotopic (exact) mass is 1020 g/mol. The topological polar surface area (TPSA) is 214 Å². The van der Waals surface area contributed by atoms with Crippen LogP contribution in [0.3, 0.4) is 0 Å². The van der Waals surface area contributed by atoms with Crippen molar-refractivity contribution >= 4 is 5.97 Å². The summed E-state index contributed by atoms with van der Waals surface area (Å²) in [4.78, 5) is 13.0. The Labute approximate surface area is 435 Å². The molecule has 0 bridgehead atoms. The summed E-state index contributed by atoms with van der Waals surface area (Å²) in [5, 5.41) is 72.3. The SMILES string of the molecule is CCCCCCC/C=C\C/C=C\C/C=C\CCCCCCCCCCCOCC(COC1OC(COC2OC(CO)C(O)C(O)C2O)C(O)C(O)C1O)OC(=O)CCCCCCC/C=C\CCCCCCC. The van der Waals surface area contributed by atoms with Gasteiger partial charge in [0.1, 0.15) is 54.9 Å². The van der Waals surface area contributed by atoms with E-state index in [2.05, 4.69) is 62.5 Å². The van der Waals surface area contributed by atoms with E-state index >= 15 is 0 Å². The summed E-state index contributed by atoms with van der Waals surface area (Å²) >= 11 is 0. The Kier molecular flexibility index (Phi) is 41.4. The van der Waals surface area contributed by atoms with Gasteiger partial charge >= 0.3 is 5.97 Å². The Hall–Kier alpha value is -2.05. The predicted molar refractivity (Wildman–Crippen MR) is 284 cm³/mol. The normalized spacial score (nSPS) is 25.5. The molecule has 0 aromatic carbocycles. The maximum atomic E-state index is 13.0. The van der Waals surface area contributed by atoms with Crippen molar-refractivity contribution in [3.05, 3.63) is 48.6 Å². The summed E-state index contributed by atoms with van der Waals surface area (Å²) in [5.41, 5.74) is 0. The number of hydrogen-bond donors (Lipinski definition) is 7. The lowest BCUT2D eigenvalue weighted by Gasteiger charge is -2.42. The molecule has 0 amide bonds. The standard InChI is InChI=1S/C58H104O14/c1-3-5-7-9-11-13-15-17-19-20-21-22-23-24-25-26-27-28-30-32-34-36-38-40-42-67-44-47(70-50(60)41-39-37-35-33-31-29-18-16-14-12-10-8-6-4-2)45-68-57-56(66)54(64)52(62)49(72-57)46-69-58-55(65)53(63)51(61)48(43-59)71-58/h15-18,20-21,23-24,47-49,51-59,61-66H,3-14,19,22,25-46H2,1-2H3/b17-15-,18-16-,21-20-,24-23-. The van der Waals surface area contributed by atoms with Crippen LogP contribution in [0, 0.1) is 0 Å². The Balaban J connectivity index is 1.71. The van der Waals surface area contributed by atoms with Crippen molar-refractivity contribution in [1.29, 1.82) is 0 Å². The summed E-state index contributed by atoms with van der Waals surface area (Å²) in [5.74, 6) is -0.387. The number of aliphatic hydroxyl groups is 7. The van der Waals surface area contributed by atoms with Crippen LogP contribution in [0.25, 0.3) is 0 Å². The van der Waals surface area contributed by atoms with E-state index in [1.54, 1.807) is 0 Å². The van der Waals surface area contributed by atoms with Crippen LogP contribution in [-0.4, -0.2) is 142 Å². The molecule has 14 nitrogen and oxygen atoms in total. The molecule has 420 valence electrons. The van der Waals surface area contributed by atoms with Gasteiger partial charge in [-0.05, 0) is 77.0 Å². The molecule has 72 heavy (non-hydrogen) atoms. The number of aliphatic hydroxyl groups excluding tert-OH is 7. The number of rotatable bonds is 46. The maximum Gasteiger partial charge on any atom is 0.306 e. The maximum absolute atomic E-state index is 13.0. The van der Waals surface area contributed by atoms with Crippen LogP contribution in [0.5, 0.6) is 0 Å². The second-order valence-electron chi connectivity index (χ2n) is 20.1. The molecule has 0 aliphatic carbocycles. The molecule has 0 spiro atoms. The van der Waals surface area contributed by atoms with Crippen LogP contribution < -0.4 is 0 Å². The van der Waals surface area contributed by atoms with Crippen LogP contribution in [0.1, 0.15) is 213 Å². The summed E-state index contributed by atoms with van der Waals surface area (Å²) in [6, 6.07) is 0. The van der Waals surface area contributed by atoms with Crippen molar-refractivity contribution in [2.24, 2.45) is 0 Å². The highest BCUT2D eigenvalue weighted by atomic mass is 16.7. The minimum absolute atomic E-state index is 0.0541. The first-order chi connectivity index (χ1) is 35.1. The first-order valence-corrected chi connectivity index (χ1v) is 28.7.